The Morgan fingerprint density at radius 3 is 2.87 bits per heavy atom. The van der Waals surface area contributed by atoms with Crippen molar-refractivity contribution in [3.63, 3.8) is 0 Å². The van der Waals surface area contributed by atoms with Gasteiger partial charge in [0.05, 0.1) is 0 Å². The second-order valence-electron chi connectivity index (χ2n) is 2.96. The average Bonchev–Trinajstić information content (AvgIpc) is 2.13. The number of anilines is 2. The van der Waals surface area contributed by atoms with Crippen molar-refractivity contribution in [2.24, 2.45) is 0 Å². The Bertz CT molecular complexity index is 335. The molecule has 0 radical (unpaired) electrons. The topological polar surface area (TPSA) is 64.3 Å². The Hall–Kier alpha value is -1.62. The highest BCUT2D eigenvalue weighted by Gasteiger charge is 2.03. The molecule has 3 N–H and O–H groups in total. The van der Waals surface area contributed by atoms with Crippen LogP contribution in [0.2, 0.25) is 0 Å². The molecular formula is C10H13FN2O2. The molecule has 15 heavy (non-hydrogen) atoms. The van der Waals surface area contributed by atoms with E-state index in [2.05, 4.69) is 5.32 Å². The number of hydrogen-bond acceptors (Lipinski definition) is 3. The molecular weight excluding hydrogens is 199 g/mol. The van der Waals surface area contributed by atoms with Gasteiger partial charge in [-0.1, -0.05) is 0 Å². The van der Waals surface area contributed by atoms with Gasteiger partial charge in [-0.05, 0) is 25.1 Å². The number of nitrogens with two attached hydrogens (primary N) is 1. The Morgan fingerprint density at radius 1 is 1.53 bits per heavy atom. The first-order chi connectivity index (χ1) is 7.11. The SMILES string of the molecule is CCOCC(=O)Nc1cc(N)cc(F)c1. The van der Waals surface area contributed by atoms with Crippen molar-refractivity contribution in [2.75, 3.05) is 24.3 Å². The van der Waals surface area contributed by atoms with Crippen molar-refractivity contribution in [1.82, 2.24) is 0 Å². The van der Waals surface area contributed by atoms with Gasteiger partial charge in [-0.15, -0.1) is 0 Å². The van der Waals surface area contributed by atoms with E-state index >= 15 is 0 Å². The second kappa shape index (κ2) is 5.31. The van der Waals surface area contributed by atoms with E-state index in [1.54, 1.807) is 6.92 Å². The number of rotatable bonds is 4. The number of carbonyl (C=O) groups is 1. The molecule has 0 saturated heterocycles. The lowest BCUT2D eigenvalue weighted by Crippen LogP contribution is -2.18. The Labute approximate surface area is 87.2 Å². The average molecular weight is 212 g/mol. The smallest absolute Gasteiger partial charge is 0.250 e. The molecule has 0 fully saturated rings. The largest absolute Gasteiger partial charge is 0.399 e. The van der Waals surface area contributed by atoms with Gasteiger partial charge in [0.1, 0.15) is 12.4 Å². The maximum Gasteiger partial charge on any atom is 0.250 e. The molecule has 0 saturated carbocycles. The van der Waals surface area contributed by atoms with Gasteiger partial charge in [-0.3, -0.25) is 4.79 Å². The minimum Gasteiger partial charge on any atom is -0.399 e. The fourth-order valence-electron chi connectivity index (χ4n) is 1.08. The summed E-state index contributed by atoms with van der Waals surface area (Å²) in [5.74, 6) is -0.816. The summed E-state index contributed by atoms with van der Waals surface area (Å²) in [6.45, 7) is 2.19. The normalized spacial score (nSPS) is 10.0. The van der Waals surface area contributed by atoms with E-state index in [9.17, 15) is 9.18 Å². The Balaban J connectivity index is 2.60. The molecule has 0 aromatic heterocycles. The molecule has 1 aromatic rings. The molecule has 0 bridgehead atoms. The summed E-state index contributed by atoms with van der Waals surface area (Å²) in [6, 6.07) is 3.85. The molecule has 0 heterocycles. The van der Waals surface area contributed by atoms with Crippen molar-refractivity contribution >= 4 is 17.3 Å². The van der Waals surface area contributed by atoms with E-state index < -0.39 is 5.82 Å². The quantitative estimate of drug-likeness (QED) is 0.741. The van der Waals surface area contributed by atoms with Crippen LogP contribution in [0.25, 0.3) is 0 Å². The number of halogens is 1. The molecule has 82 valence electrons. The molecule has 0 aliphatic carbocycles. The van der Waals surface area contributed by atoms with Crippen LogP contribution in [-0.4, -0.2) is 19.1 Å². The molecule has 1 rings (SSSR count). The van der Waals surface area contributed by atoms with E-state index in [0.29, 0.717) is 12.3 Å². The molecule has 0 aliphatic rings. The van der Waals surface area contributed by atoms with Crippen LogP contribution in [0.4, 0.5) is 15.8 Å². The van der Waals surface area contributed by atoms with E-state index in [1.807, 2.05) is 0 Å². The molecule has 0 spiro atoms. The van der Waals surface area contributed by atoms with Crippen molar-refractivity contribution < 1.29 is 13.9 Å². The van der Waals surface area contributed by atoms with Crippen LogP contribution < -0.4 is 11.1 Å². The van der Waals surface area contributed by atoms with Crippen LogP contribution in [0.5, 0.6) is 0 Å². The number of nitrogens with one attached hydrogen (secondary N) is 1. The maximum absolute atomic E-state index is 12.9. The monoisotopic (exact) mass is 212 g/mol. The predicted molar refractivity (Wildman–Crippen MR) is 55.9 cm³/mol. The number of hydrogen-bond donors (Lipinski definition) is 2. The van der Waals surface area contributed by atoms with Crippen molar-refractivity contribution in [3.8, 4) is 0 Å². The van der Waals surface area contributed by atoms with Gasteiger partial charge < -0.3 is 15.8 Å². The van der Waals surface area contributed by atoms with Crippen LogP contribution in [0, 0.1) is 5.82 Å². The van der Waals surface area contributed by atoms with Crippen LogP contribution in [0.3, 0.4) is 0 Å². The van der Waals surface area contributed by atoms with Crippen LogP contribution in [0.15, 0.2) is 18.2 Å². The Morgan fingerprint density at radius 2 is 2.27 bits per heavy atom. The lowest BCUT2D eigenvalue weighted by Gasteiger charge is -2.06. The molecule has 0 atom stereocenters. The maximum atomic E-state index is 12.9. The fraction of sp³-hybridized carbons (Fsp3) is 0.300. The highest BCUT2D eigenvalue weighted by molar-refractivity contribution is 5.92. The molecule has 0 aliphatic heterocycles. The standard InChI is InChI=1S/C10H13FN2O2/c1-2-15-6-10(14)13-9-4-7(11)3-8(12)5-9/h3-5H,2,6,12H2,1H3,(H,13,14). The summed E-state index contributed by atoms with van der Waals surface area (Å²) in [4.78, 5) is 11.2. The van der Waals surface area contributed by atoms with Crippen LogP contribution in [-0.2, 0) is 9.53 Å². The van der Waals surface area contributed by atoms with Crippen molar-refractivity contribution in [3.05, 3.63) is 24.0 Å². The summed E-state index contributed by atoms with van der Waals surface area (Å²) < 4.78 is 17.8. The van der Waals surface area contributed by atoms with Gasteiger partial charge in [0.25, 0.3) is 0 Å². The highest BCUT2D eigenvalue weighted by Crippen LogP contribution is 2.15. The van der Waals surface area contributed by atoms with Crippen LogP contribution >= 0.6 is 0 Å². The Kier molecular flexibility index (Phi) is 4.05. The van der Waals surface area contributed by atoms with Crippen molar-refractivity contribution in [2.45, 2.75) is 6.92 Å². The van der Waals surface area contributed by atoms with Gasteiger partial charge in [-0.2, -0.15) is 0 Å². The highest BCUT2D eigenvalue weighted by atomic mass is 19.1. The van der Waals surface area contributed by atoms with Gasteiger partial charge in [-0.25, -0.2) is 4.39 Å². The summed E-state index contributed by atoms with van der Waals surface area (Å²) in [5, 5.41) is 2.47. The molecule has 0 unspecified atom stereocenters. The van der Waals surface area contributed by atoms with Gasteiger partial charge in [0, 0.05) is 18.0 Å². The lowest BCUT2D eigenvalue weighted by molar-refractivity contribution is -0.120. The summed E-state index contributed by atoms with van der Waals surface area (Å²) in [6.07, 6.45) is 0. The third-order valence-corrected chi connectivity index (χ3v) is 1.64. The van der Waals surface area contributed by atoms with Gasteiger partial charge >= 0.3 is 0 Å². The predicted octanol–water partition coefficient (Wildman–Crippen LogP) is 1.38. The minimum absolute atomic E-state index is 0.0487. The van der Waals surface area contributed by atoms with E-state index in [4.69, 9.17) is 10.5 Å². The molecule has 5 heteroatoms. The lowest BCUT2D eigenvalue weighted by atomic mass is 10.2. The first-order valence-electron chi connectivity index (χ1n) is 4.55. The van der Waals surface area contributed by atoms with Gasteiger partial charge in [0.15, 0.2) is 0 Å². The number of nitrogen functional groups attached to an aromatic ring is 1. The first-order valence-corrected chi connectivity index (χ1v) is 4.55. The third-order valence-electron chi connectivity index (χ3n) is 1.64. The zero-order valence-corrected chi connectivity index (χ0v) is 8.42. The fourth-order valence-corrected chi connectivity index (χ4v) is 1.08. The molecule has 1 amide bonds. The number of carbonyl (C=O) groups excluding carboxylic acids is 1. The first kappa shape index (κ1) is 11.5. The third kappa shape index (κ3) is 3.95. The zero-order valence-electron chi connectivity index (χ0n) is 8.42. The van der Waals surface area contributed by atoms with E-state index in [-0.39, 0.29) is 18.2 Å². The molecule has 4 nitrogen and oxygen atoms in total. The van der Waals surface area contributed by atoms with Gasteiger partial charge in [0.2, 0.25) is 5.91 Å². The number of ether oxygens (including phenoxy) is 1. The van der Waals surface area contributed by atoms with Crippen molar-refractivity contribution in [1.29, 1.82) is 0 Å². The van der Waals surface area contributed by atoms with E-state index in [1.165, 1.54) is 18.2 Å². The molecule has 1 aromatic carbocycles. The second-order valence-corrected chi connectivity index (χ2v) is 2.96. The zero-order chi connectivity index (χ0) is 11.3. The summed E-state index contributed by atoms with van der Waals surface area (Å²) in [5.41, 5.74) is 6.01. The number of amides is 1. The van der Waals surface area contributed by atoms with E-state index in [0.717, 1.165) is 0 Å². The summed E-state index contributed by atoms with van der Waals surface area (Å²) >= 11 is 0. The summed E-state index contributed by atoms with van der Waals surface area (Å²) in [7, 11) is 0. The minimum atomic E-state index is -0.485. The number of benzene rings is 1. The van der Waals surface area contributed by atoms with Crippen LogP contribution in [0.1, 0.15) is 6.92 Å².